The summed E-state index contributed by atoms with van der Waals surface area (Å²) in [7, 11) is -3.70. The van der Waals surface area contributed by atoms with E-state index in [9.17, 15) is 13.2 Å². The molecule has 148 valence electrons. The zero-order valence-electron chi connectivity index (χ0n) is 14.4. The number of carbonyl (C=O) groups is 1. The summed E-state index contributed by atoms with van der Waals surface area (Å²) in [6.45, 7) is 0.298. The maximum absolute atomic E-state index is 12.8. The molecule has 28 heavy (non-hydrogen) atoms. The first-order chi connectivity index (χ1) is 13.4. The molecule has 0 aliphatic carbocycles. The van der Waals surface area contributed by atoms with Crippen LogP contribution in [0.5, 0.6) is 0 Å². The van der Waals surface area contributed by atoms with Gasteiger partial charge >= 0.3 is 6.01 Å². The summed E-state index contributed by atoms with van der Waals surface area (Å²) in [5.74, 6) is -0.143. The molecule has 1 aliphatic rings. The molecule has 12 heteroatoms. The fraction of sp³-hybridized carbons (Fsp3) is 0.312. The Kier molecular flexibility index (Phi) is 5.52. The summed E-state index contributed by atoms with van der Waals surface area (Å²) < 4.78 is 33.1. The molecule has 0 aromatic carbocycles. The lowest BCUT2D eigenvalue weighted by Gasteiger charge is -2.21. The van der Waals surface area contributed by atoms with Crippen molar-refractivity contribution in [1.82, 2.24) is 14.5 Å². The highest BCUT2D eigenvalue weighted by molar-refractivity contribution is 7.91. The summed E-state index contributed by atoms with van der Waals surface area (Å²) in [6.07, 6.45) is 1.45. The molecule has 0 spiro atoms. The SMILES string of the molecule is O=C(Nc1nnc(Cc2ccc(Cl)s2)o1)C1CCCN1S(=O)(=O)c1cccs1. The lowest BCUT2D eigenvalue weighted by molar-refractivity contribution is -0.119. The van der Waals surface area contributed by atoms with Crippen LogP contribution in [0.25, 0.3) is 0 Å². The van der Waals surface area contributed by atoms with E-state index in [2.05, 4.69) is 15.5 Å². The summed E-state index contributed by atoms with van der Waals surface area (Å²) in [5.41, 5.74) is 0. The van der Waals surface area contributed by atoms with E-state index in [1.54, 1.807) is 17.5 Å². The van der Waals surface area contributed by atoms with Crippen molar-refractivity contribution in [2.24, 2.45) is 0 Å². The zero-order chi connectivity index (χ0) is 19.7. The molecule has 1 atom stereocenters. The smallest absolute Gasteiger partial charge is 0.322 e. The van der Waals surface area contributed by atoms with E-state index in [0.29, 0.717) is 36.0 Å². The average Bonchev–Trinajstić information content (AvgIpc) is 3.43. The second kappa shape index (κ2) is 7.91. The summed E-state index contributed by atoms with van der Waals surface area (Å²) >= 11 is 8.44. The summed E-state index contributed by atoms with van der Waals surface area (Å²) in [5, 5.41) is 12.0. The lowest BCUT2D eigenvalue weighted by atomic mass is 10.2. The predicted molar refractivity (Wildman–Crippen MR) is 106 cm³/mol. The molecule has 1 aliphatic heterocycles. The van der Waals surface area contributed by atoms with Crippen LogP contribution >= 0.6 is 34.3 Å². The topological polar surface area (TPSA) is 105 Å². The molecular weight excluding hydrogens is 444 g/mol. The highest BCUT2D eigenvalue weighted by Crippen LogP contribution is 2.29. The highest BCUT2D eigenvalue weighted by atomic mass is 35.5. The minimum atomic E-state index is -3.70. The zero-order valence-corrected chi connectivity index (χ0v) is 17.6. The highest BCUT2D eigenvalue weighted by Gasteiger charge is 2.40. The molecule has 0 saturated carbocycles. The molecule has 4 rings (SSSR count). The molecule has 4 heterocycles. The van der Waals surface area contributed by atoms with E-state index in [0.717, 1.165) is 16.2 Å². The normalized spacial score (nSPS) is 17.8. The van der Waals surface area contributed by atoms with Gasteiger partial charge in [-0.2, -0.15) is 4.31 Å². The number of hydrogen-bond donors (Lipinski definition) is 1. The van der Waals surface area contributed by atoms with E-state index in [4.69, 9.17) is 16.0 Å². The molecule has 8 nitrogen and oxygen atoms in total. The first-order valence-electron chi connectivity index (χ1n) is 8.36. The second-order valence-corrected chi connectivity index (χ2v) is 10.9. The Morgan fingerprint density at radius 2 is 2.21 bits per heavy atom. The molecule has 1 amide bonds. The van der Waals surface area contributed by atoms with Crippen molar-refractivity contribution >= 4 is 56.2 Å². The number of halogens is 1. The van der Waals surface area contributed by atoms with Gasteiger partial charge in [0.1, 0.15) is 10.3 Å². The standard InChI is InChI=1S/C16H15ClN4O4S3/c17-12-6-5-10(27-12)9-13-19-20-16(25-13)18-15(22)11-3-1-7-21(11)28(23,24)14-4-2-8-26-14/h2,4-6,8,11H,1,3,7,9H2,(H,18,20,22). The number of aromatic nitrogens is 2. The molecule has 0 bridgehead atoms. The van der Waals surface area contributed by atoms with E-state index in [1.807, 2.05) is 6.07 Å². The van der Waals surface area contributed by atoms with Crippen LogP contribution in [0.1, 0.15) is 23.6 Å². The summed E-state index contributed by atoms with van der Waals surface area (Å²) in [6, 6.07) is 5.99. The van der Waals surface area contributed by atoms with Crippen molar-refractivity contribution in [3.63, 3.8) is 0 Å². The largest absolute Gasteiger partial charge is 0.407 e. The number of sulfonamides is 1. The third-order valence-electron chi connectivity index (χ3n) is 4.22. The van der Waals surface area contributed by atoms with Crippen LogP contribution in [-0.2, 0) is 21.2 Å². The number of nitrogens with one attached hydrogen (secondary N) is 1. The van der Waals surface area contributed by atoms with Gasteiger partial charge in [0.15, 0.2) is 0 Å². The van der Waals surface area contributed by atoms with E-state index >= 15 is 0 Å². The van der Waals surface area contributed by atoms with Gasteiger partial charge in [-0.1, -0.05) is 22.8 Å². The van der Waals surface area contributed by atoms with Gasteiger partial charge in [-0.05, 0) is 36.4 Å². The third-order valence-corrected chi connectivity index (χ3v) is 8.73. The van der Waals surface area contributed by atoms with E-state index < -0.39 is 22.0 Å². The van der Waals surface area contributed by atoms with Crippen LogP contribution in [0.4, 0.5) is 6.01 Å². The number of thiophene rings is 2. The fourth-order valence-corrected chi connectivity index (χ4v) is 6.83. The van der Waals surface area contributed by atoms with Crippen molar-refractivity contribution in [2.45, 2.75) is 29.5 Å². The minimum absolute atomic E-state index is 0.0528. The molecule has 1 saturated heterocycles. The van der Waals surface area contributed by atoms with Crippen molar-refractivity contribution in [3.8, 4) is 0 Å². The van der Waals surface area contributed by atoms with Crippen molar-refractivity contribution < 1.29 is 17.6 Å². The fourth-order valence-electron chi connectivity index (χ4n) is 2.98. The molecule has 0 radical (unpaired) electrons. The third kappa shape index (κ3) is 3.98. The Hall–Kier alpha value is -1.79. The quantitative estimate of drug-likeness (QED) is 0.607. The Morgan fingerprint density at radius 1 is 1.36 bits per heavy atom. The first kappa shape index (κ1) is 19.5. The van der Waals surface area contributed by atoms with Crippen LogP contribution in [0.15, 0.2) is 38.3 Å². The van der Waals surface area contributed by atoms with E-state index in [1.165, 1.54) is 21.7 Å². The molecule has 1 N–H and O–H groups in total. The van der Waals surface area contributed by atoms with Crippen LogP contribution in [0.3, 0.4) is 0 Å². The maximum atomic E-state index is 12.8. The number of amides is 1. The van der Waals surface area contributed by atoms with Crippen LogP contribution in [0.2, 0.25) is 4.34 Å². The molecule has 3 aromatic rings. The molecule has 1 unspecified atom stereocenters. The van der Waals surface area contributed by atoms with Gasteiger partial charge in [0.2, 0.25) is 11.8 Å². The number of rotatable bonds is 6. The predicted octanol–water partition coefficient (Wildman–Crippen LogP) is 3.23. The number of carbonyl (C=O) groups excluding carboxylic acids is 1. The van der Waals surface area contributed by atoms with Gasteiger partial charge in [0.05, 0.1) is 10.8 Å². The van der Waals surface area contributed by atoms with Gasteiger partial charge < -0.3 is 4.42 Å². The average molecular weight is 459 g/mol. The van der Waals surface area contributed by atoms with Crippen molar-refractivity contribution in [3.05, 3.63) is 44.7 Å². The van der Waals surface area contributed by atoms with Gasteiger partial charge in [-0.3, -0.25) is 10.1 Å². The maximum Gasteiger partial charge on any atom is 0.322 e. The van der Waals surface area contributed by atoms with E-state index in [-0.39, 0.29) is 10.2 Å². The monoisotopic (exact) mass is 458 g/mol. The van der Waals surface area contributed by atoms with Gasteiger partial charge in [-0.15, -0.1) is 27.8 Å². The number of hydrogen-bond acceptors (Lipinski definition) is 8. The van der Waals surface area contributed by atoms with Crippen LogP contribution in [-0.4, -0.2) is 41.4 Å². The van der Waals surface area contributed by atoms with Crippen LogP contribution in [0, 0.1) is 0 Å². The number of anilines is 1. The number of nitrogens with zero attached hydrogens (tertiary/aromatic N) is 3. The van der Waals surface area contributed by atoms with Gasteiger partial charge in [0, 0.05) is 11.4 Å². The van der Waals surface area contributed by atoms with Crippen molar-refractivity contribution in [2.75, 3.05) is 11.9 Å². The van der Waals surface area contributed by atoms with Gasteiger partial charge in [-0.25, -0.2) is 8.42 Å². The van der Waals surface area contributed by atoms with Crippen LogP contribution < -0.4 is 5.32 Å². The Labute approximate surface area is 174 Å². The summed E-state index contributed by atoms with van der Waals surface area (Å²) in [4.78, 5) is 13.6. The minimum Gasteiger partial charge on any atom is -0.407 e. The Morgan fingerprint density at radius 3 is 2.93 bits per heavy atom. The van der Waals surface area contributed by atoms with Gasteiger partial charge in [0.25, 0.3) is 10.0 Å². The van der Waals surface area contributed by atoms with Crippen molar-refractivity contribution in [1.29, 1.82) is 0 Å². The molecular formula is C16H15ClN4O4S3. The molecule has 3 aromatic heterocycles. The molecule has 1 fully saturated rings. The second-order valence-electron chi connectivity index (χ2n) is 6.08. The first-order valence-corrected chi connectivity index (χ1v) is 11.9. The Balaban J connectivity index is 1.44. The Bertz CT molecular complexity index is 1080. The lowest BCUT2D eigenvalue weighted by Crippen LogP contribution is -2.42.